The molecule has 1 unspecified atom stereocenters. The molecule has 0 bridgehead atoms. The van der Waals surface area contributed by atoms with Gasteiger partial charge in [-0.2, -0.15) is 0 Å². The van der Waals surface area contributed by atoms with Gasteiger partial charge in [0.15, 0.2) is 0 Å². The minimum Gasteiger partial charge on any atom is -0.381 e. The first-order chi connectivity index (χ1) is 14.2. The highest BCUT2D eigenvalue weighted by Gasteiger charge is 2.30. The van der Waals surface area contributed by atoms with Crippen molar-refractivity contribution in [2.45, 2.75) is 50.7 Å². The Morgan fingerprint density at radius 2 is 2.00 bits per heavy atom. The van der Waals surface area contributed by atoms with Gasteiger partial charge in [0, 0.05) is 54.4 Å². The van der Waals surface area contributed by atoms with Crippen LogP contribution in [0.2, 0.25) is 5.02 Å². The summed E-state index contributed by atoms with van der Waals surface area (Å²) in [5.41, 5.74) is 3.40. The quantitative estimate of drug-likeness (QED) is 0.659. The molecule has 5 nitrogen and oxygen atoms in total. The van der Waals surface area contributed by atoms with E-state index in [2.05, 4.69) is 45.6 Å². The van der Waals surface area contributed by atoms with Crippen molar-refractivity contribution in [3.63, 3.8) is 0 Å². The van der Waals surface area contributed by atoms with E-state index < -0.39 is 0 Å². The zero-order valence-electron chi connectivity index (χ0n) is 17.0. The van der Waals surface area contributed by atoms with Gasteiger partial charge in [0.25, 0.3) is 0 Å². The Bertz CT molecular complexity index is 898. The predicted octanol–water partition coefficient (Wildman–Crippen LogP) is 4.33. The Morgan fingerprint density at radius 1 is 1.21 bits per heavy atom. The molecule has 1 saturated heterocycles. The van der Waals surface area contributed by atoms with E-state index in [1.54, 1.807) is 0 Å². The molecule has 1 saturated carbocycles. The third kappa shape index (κ3) is 4.18. The van der Waals surface area contributed by atoms with E-state index in [1.807, 2.05) is 11.8 Å². The first-order valence-corrected chi connectivity index (χ1v) is 12.3. The molecular formula is C22H30ClN5S. The molecule has 3 heterocycles. The van der Waals surface area contributed by atoms with Crippen LogP contribution in [-0.2, 0) is 0 Å². The average molecular weight is 432 g/mol. The lowest BCUT2D eigenvalue weighted by molar-refractivity contribution is 0.170. The van der Waals surface area contributed by atoms with E-state index in [9.17, 15) is 0 Å². The van der Waals surface area contributed by atoms with Crippen LogP contribution in [0.25, 0.3) is 10.9 Å². The molecule has 2 aliphatic heterocycles. The molecule has 0 spiro atoms. The molecule has 2 fully saturated rings. The molecule has 1 aromatic heterocycles. The lowest BCUT2D eigenvalue weighted by Crippen LogP contribution is -2.51. The summed E-state index contributed by atoms with van der Waals surface area (Å²) in [5, 5.41) is 10.2. The van der Waals surface area contributed by atoms with Crippen molar-refractivity contribution in [2.24, 2.45) is 4.99 Å². The van der Waals surface area contributed by atoms with E-state index in [0.717, 1.165) is 64.3 Å². The number of H-pyrrole nitrogens is 1. The fourth-order valence-electron chi connectivity index (χ4n) is 4.84. The predicted molar refractivity (Wildman–Crippen MR) is 126 cm³/mol. The molecular weight excluding hydrogens is 402 g/mol. The highest BCUT2D eigenvalue weighted by Crippen LogP contribution is 2.34. The monoisotopic (exact) mass is 431 g/mol. The number of nitrogens with zero attached hydrogens (tertiary/aromatic N) is 2. The minimum atomic E-state index is 0.360. The molecule has 156 valence electrons. The highest BCUT2D eigenvalue weighted by molar-refractivity contribution is 8.14. The van der Waals surface area contributed by atoms with E-state index >= 15 is 0 Å². The summed E-state index contributed by atoms with van der Waals surface area (Å²) in [6.07, 6.45) is 5.13. The Labute approximate surface area is 182 Å². The van der Waals surface area contributed by atoms with Gasteiger partial charge in [-0.25, -0.2) is 0 Å². The molecule has 2 atom stereocenters. The van der Waals surface area contributed by atoms with Gasteiger partial charge in [-0.15, -0.1) is 11.8 Å². The number of aliphatic imine (C=N–C) groups is 1. The van der Waals surface area contributed by atoms with Crippen LogP contribution in [0.3, 0.4) is 0 Å². The van der Waals surface area contributed by atoms with Gasteiger partial charge < -0.3 is 15.6 Å². The fourth-order valence-corrected chi connectivity index (χ4v) is 6.23. The van der Waals surface area contributed by atoms with Crippen molar-refractivity contribution in [1.29, 1.82) is 0 Å². The number of hydrogen-bond acceptors (Lipinski definition) is 5. The van der Waals surface area contributed by atoms with Crippen LogP contribution < -0.4 is 10.6 Å². The third-order valence-corrected chi connectivity index (χ3v) is 7.92. The van der Waals surface area contributed by atoms with Gasteiger partial charge in [-0.1, -0.05) is 24.4 Å². The van der Waals surface area contributed by atoms with Gasteiger partial charge >= 0.3 is 0 Å². The Hall–Kier alpha value is -1.21. The van der Waals surface area contributed by atoms with E-state index in [0.29, 0.717) is 18.1 Å². The van der Waals surface area contributed by atoms with Crippen molar-refractivity contribution in [2.75, 3.05) is 37.2 Å². The van der Waals surface area contributed by atoms with Crippen molar-refractivity contribution in [3.05, 3.63) is 28.9 Å². The van der Waals surface area contributed by atoms with E-state index in [-0.39, 0.29) is 0 Å². The van der Waals surface area contributed by atoms with Crippen LogP contribution in [0, 0.1) is 0 Å². The van der Waals surface area contributed by atoms with Gasteiger partial charge in [-0.3, -0.25) is 9.89 Å². The first kappa shape index (κ1) is 19.7. The average Bonchev–Trinajstić information content (AvgIpc) is 3.48. The second-order valence-electron chi connectivity index (χ2n) is 8.57. The lowest BCUT2D eigenvalue weighted by Gasteiger charge is -2.34. The topological polar surface area (TPSA) is 55.5 Å². The van der Waals surface area contributed by atoms with Gasteiger partial charge in [0.2, 0.25) is 0 Å². The molecule has 5 rings (SSSR count). The summed E-state index contributed by atoms with van der Waals surface area (Å²) in [7, 11) is 0. The summed E-state index contributed by atoms with van der Waals surface area (Å²) in [6, 6.07) is 7.73. The maximum Gasteiger partial charge on any atom is 0.114 e. The second-order valence-corrected chi connectivity index (χ2v) is 10.0. The minimum absolute atomic E-state index is 0.360. The summed E-state index contributed by atoms with van der Waals surface area (Å²) >= 11 is 8.31. The first-order valence-electron chi connectivity index (χ1n) is 10.9. The number of aromatic nitrogens is 1. The second kappa shape index (κ2) is 8.50. The summed E-state index contributed by atoms with van der Waals surface area (Å²) in [6.45, 7) is 6.74. The van der Waals surface area contributed by atoms with Gasteiger partial charge in [0.1, 0.15) is 5.04 Å². The van der Waals surface area contributed by atoms with Crippen LogP contribution in [0.4, 0.5) is 5.69 Å². The van der Waals surface area contributed by atoms with E-state index in [4.69, 9.17) is 16.6 Å². The molecule has 3 aliphatic rings. The van der Waals surface area contributed by atoms with Crippen molar-refractivity contribution in [3.8, 4) is 0 Å². The van der Waals surface area contributed by atoms with Crippen LogP contribution in [0.5, 0.6) is 0 Å². The zero-order chi connectivity index (χ0) is 19.8. The third-order valence-electron chi connectivity index (χ3n) is 6.60. The van der Waals surface area contributed by atoms with Crippen molar-refractivity contribution < 1.29 is 0 Å². The number of anilines is 1. The number of benzene rings is 1. The summed E-state index contributed by atoms with van der Waals surface area (Å²) < 4.78 is 0. The lowest BCUT2D eigenvalue weighted by atomic mass is 10.1. The molecule has 1 aliphatic carbocycles. The smallest absolute Gasteiger partial charge is 0.114 e. The molecule has 0 radical (unpaired) electrons. The number of halogens is 1. The molecule has 0 amide bonds. The van der Waals surface area contributed by atoms with Crippen molar-refractivity contribution in [1.82, 2.24) is 15.2 Å². The number of nitrogens with one attached hydrogen (secondary N) is 3. The molecule has 3 N–H and O–H groups in total. The molecule has 7 heteroatoms. The van der Waals surface area contributed by atoms with Crippen LogP contribution in [-0.4, -0.2) is 65.0 Å². The number of aromatic amines is 1. The van der Waals surface area contributed by atoms with Crippen LogP contribution >= 0.6 is 23.4 Å². The van der Waals surface area contributed by atoms with Gasteiger partial charge in [0.05, 0.1) is 22.9 Å². The number of piperazine rings is 1. The van der Waals surface area contributed by atoms with Crippen LogP contribution in [0.1, 0.15) is 38.3 Å². The zero-order valence-corrected chi connectivity index (χ0v) is 18.6. The maximum atomic E-state index is 6.43. The Kier molecular flexibility index (Phi) is 5.78. The number of rotatable bonds is 5. The van der Waals surface area contributed by atoms with Crippen LogP contribution in [0.15, 0.2) is 23.2 Å². The number of thioether (sulfide) groups is 1. The SMILES string of the molecule is CC([C@H]1CSC(c2cc3cc(Cl)cc(NC4CCCC4)c3[nH]2)=N1)N1CCNCC1. The molecule has 29 heavy (non-hydrogen) atoms. The molecule has 2 aromatic rings. The normalized spacial score (nSPS) is 24.9. The van der Waals surface area contributed by atoms with Gasteiger partial charge in [-0.05, 0) is 38.0 Å². The van der Waals surface area contributed by atoms with Crippen molar-refractivity contribution >= 4 is 45.0 Å². The van der Waals surface area contributed by atoms with E-state index in [1.165, 1.54) is 25.7 Å². The largest absolute Gasteiger partial charge is 0.381 e. The Balaban J connectivity index is 1.38. The number of fused-ring (bicyclic) bond motifs is 1. The summed E-state index contributed by atoms with van der Waals surface area (Å²) in [4.78, 5) is 11.3. The molecule has 1 aromatic carbocycles. The standard InChI is InChI=1S/C22H30ClN5S/c1-14(28-8-6-24-7-9-28)20-13-29-22(27-20)19-11-15-10-16(23)12-18(21(15)26-19)25-17-4-2-3-5-17/h10-12,14,17,20,24-26H,2-9,13H2,1H3/t14?,20-/m1/s1. The fraction of sp³-hybridized carbons (Fsp3) is 0.591. The Morgan fingerprint density at radius 3 is 2.79 bits per heavy atom. The maximum absolute atomic E-state index is 6.43. The number of hydrogen-bond donors (Lipinski definition) is 3. The summed E-state index contributed by atoms with van der Waals surface area (Å²) in [5.74, 6) is 1.06. The highest BCUT2D eigenvalue weighted by atomic mass is 35.5.